The number of rotatable bonds is 4. The largest absolute Gasteiger partial charge is 0.492 e. The summed E-state index contributed by atoms with van der Waals surface area (Å²) in [6.07, 6.45) is 0.633. The summed E-state index contributed by atoms with van der Waals surface area (Å²) >= 11 is 0. The molecule has 1 rings (SSSR count). The van der Waals surface area contributed by atoms with Gasteiger partial charge in [0.2, 0.25) is 0 Å². The topological polar surface area (TPSA) is 72.8 Å². The highest BCUT2D eigenvalue weighted by Crippen LogP contribution is 2.32. The molecule has 0 aliphatic carbocycles. The van der Waals surface area contributed by atoms with Gasteiger partial charge in [0.15, 0.2) is 11.5 Å². The predicted octanol–water partition coefficient (Wildman–Crippen LogP) is 1.34. The number of aldehydes is 1. The number of hydrogen-bond donors (Lipinski definition) is 1. The molecule has 0 bridgehead atoms. The summed E-state index contributed by atoms with van der Waals surface area (Å²) in [5.41, 5.74) is 0.641. The molecule has 0 aliphatic heterocycles. The number of carboxylic acids is 1. The zero-order valence-corrected chi connectivity index (χ0v) is 10.0. The fourth-order valence-corrected chi connectivity index (χ4v) is 1.38. The van der Waals surface area contributed by atoms with Crippen molar-refractivity contribution in [2.75, 3.05) is 13.7 Å². The molecule has 0 fully saturated rings. The van der Waals surface area contributed by atoms with Crippen LogP contribution < -0.4 is 9.47 Å². The van der Waals surface area contributed by atoms with E-state index in [1.54, 1.807) is 6.92 Å². The number of carboxylic acid groups (broad SMARTS) is 1. The number of benzene rings is 1. The van der Waals surface area contributed by atoms with Crippen molar-refractivity contribution in [2.45, 2.75) is 6.92 Å². The van der Waals surface area contributed by atoms with Crippen LogP contribution in [0.1, 0.15) is 22.8 Å². The van der Waals surface area contributed by atoms with Crippen LogP contribution in [0.5, 0.6) is 11.5 Å². The van der Waals surface area contributed by atoms with Crippen LogP contribution in [-0.4, -0.2) is 31.1 Å². The van der Waals surface area contributed by atoms with E-state index in [2.05, 4.69) is 5.92 Å². The van der Waals surface area contributed by atoms with Gasteiger partial charge >= 0.3 is 5.97 Å². The second kappa shape index (κ2) is 6.30. The molecule has 0 atom stereocenters. The van der Waals surface area contributed by atoms with Gasteiger partial charge in [-0.1, -0.05) is 5.92 Å². The van der Waals surface area contributed by atoms with Gasteiger partial charge in [-0.15, -0.1) is 0 Å². The van der Waals surface area contributed by atoms with E-state index in [0.29, 0.717) is 35.5 Å². The minimum atomic E-state index is -1.26. The second-order valence-electron chi connectivity index (χ2n) is 3.21. The van der Waals surface area contributed by atoms with Crippen molar-refractivity contribution in [1.82, 2.24) is 0 Å². The molecule has 94 valence electrons. The summed E-state index contributed by atoms with van der Waals surface area (Å²) in [4.78, 5) is 21.2. The average molecular weight is 248 g/mol. The number of ether oxygens (including phenoxy) is 2. The Kier molecular flexibility index (Phi) is 4.76. The third-order valence-electron chi connectivity index (χ3n) is 2.02. The van der Waals surface area contributed by atoms with Crippen LogP contribution >= 0.6 is 0 Å². The van der Waals surface area contributed by atoms with Gasteiger partial charge in [0.1, 0.15) is 6.29 Å². The molecule has 0 radical (unpaired) electrons. The van der Waals surface area contributed by atoms with Gasteiger partial charge < -0.3 is 14.6 Å². The Morgan fingerprint density at radius 1 is 1.50 bits per heavy atom. The summed E-state index contributed by atoms with van der Waals surface area (Å²) in [6, 6.07) is 2.96. The fourth-order valence-electron chi connectivity index (χ4n) is 1.38. The standard InChI is InChI=1S/C13H12O5/c1-3-18-11-7-9(8-14)6-10(13(11)17-2)4-5-12(15)16/h6-8H,3H2,1-2H3,(H,15,16). The normalized spacial score (nSPS) is 9.00. The number of hydrogen-bond acceptors (Lipinski definition) is 4. The molecule has 0 heterocycles. The van der Waals surface area contributed by atoms with E-state index in [1.165, 1.54) is 19.2 Å². The zero-order chi connectivity index (χ0) is 13.5. The van der Waals surface area contributed by atoms with E-state index < -0.39 is 5.97 Å². The quantitative estimate of drug-likeness (QED) is 0.643. The van der Waals surface area contributed by atoms with Crippen molar-refractivity contribution in [3.8, 4) is 23.3 Å². The monoisotopic (exact) mass is 248 g/mol. The minimum absolute atomic E-state index is 0.299. The van der Waals surface area contributed by atoms with E-state index in [4.69, 9.17) is 14.6 Å². The third-order valence-corrected chi connectivity index (χ3v) is 2.02. The summed E-state index contributed by atoms with van der Waals surface area (Å²) < 4.78 is 10.4. The van der Waals surface area contributed by atoms with Crippen molar-refractivity contribution in [2.24, 2.45) is 0 Å². The molecule has 5 heteroatoms. The molecule has 5 nitrogen and oxygen atoms in total. The van der Waals surface area contributed by atoms with E-state index in [-0.39, 0.29) is 0 Å². The molecule has 0 spiro atoms. The predicted molar refractivity (Wildman–Crippen MR) is 64.1 cm³/mol. The molecule has 0 aromatic heterocycles. The van der Waals surface area contributed by atoms with Crippen LogP contribution in [0.4, 0.5) is 0 Å². The average Bonchev–Trinajstić information content (AvgIpc) is 2.36. The molecule has 1 aromatic carbocycles. The maximum absolute atomic E-state index is 10.8. The Bertz CT molecular complexity index is 522. The van der Waals surface area contributed by atoms with Crippen molar-refractivity contribution < 1.29 is 24.2 Å². The minimum Gasteiger partial charge on any atom is -0.492 e. The highest BCUT2D eigenvalue weighted by molar-refractivity contribution is 5.88. The first-order valence-corrected chi connectivity index (χ1v) is 5.17. The first-order chi connectivity index (χ1) is 8.62. The van der Waals surface area contributed by atoms with Crippen molar-refractivity contribution in [1.29, 1.82) is 0 Å². The van der Waals surface area contributed by atoms with Crippen molar-refractivity contribution in [3.63, 3.8) is 0 Å². The number of methoxy groups -OCH3 is 1. The van der Waals surface area contributed by atoms with Gasteiger partial charge in [0.05, 0.1) is 19.3 Å². The summed E-state index contributed by atoms with van der Waals surface area (Å²) in [5, 5.41) is 8.52. The van der Waals surface area contributed by atoms with Gasteiger partial charge in [0.25, 0.3) is 0 Å². The smallest absolute Gasteiger partial charge is 0.382 e. The highest BCUT2D eigenvalue weighted by Gasteiger charge is 2.11. The summed E-state index contributed by atoms with van der Waals surface area (Å²) in [7, 11) is 1.42. The highest BCUT2D eigenvalue weighted by atomic mass is 16.5. The van der Waals surface area contributed by atoms with E-state index in [1.807, 2.05) is 5.92 Å². The van der Waals surface area contributed by atoms with Crippen LogP contribution in [0, 0.1) is 11.8 Å². The Labute approximate surface area is 104 Å². The first-order valence-electron chi connectivity index (χ1n) is 5.17. The van der Waals surface area contributed by atoms with Gasteiger partial charge in [-0.3, -0.25) is 4.79 Å². The Balaban J connectivity index is 3.38. The fraction of sp³-hybridized carbons (Fsp3) is 0.231. The third kappa shape index (κ3) is 3.25. The molecule has 0 aliphatic rings. The molecule has 0 saturated heterocycles. The first kappa shape index (κ1) is 13.6. The molecule has 0 unspecified atom stereocenters. The maximum atomic E-state index is 10.8. The second-order valence-corrected chi connectivity index (χ2v) is 3.21. The van der Waals surface area contributed by atoms with Gasteiger partial charge in [-0.2, -0.15) is 0 Å². The van der Waals surface area contributed by atoms with E-state index in [9.17, 15) is 9.59 Å². The SMILES string of the molecule is CCOc1cc(C=O)cc(C#CC(=O)O)c1OC. The maximum Gasteiger partial charge on any atom is 0.382 e. The van der Waals surface area contributed by atoms with Crippen LogP contribution in [0.15, 0.2) is 12.1 Å². The molecule has 0 amide bonds. The summed E-state index contributed by atoms with van der Waals surface area (Å²) in [5.74, 6) is 3.81. The molecule has 1 aromatic rings. The van der Waals surface area contributed by atoms with Gasteiger partial charge in [-0.25, -0.2) is 4.79 Å². The van der Waals surface area contributed by atoms with Crippen molar-refractivity contribution in [3.05, 3.63) is 23.3 Å². The number of aliphatic carboxylic acids is 1. The number of carbonyl (C=O) groups is 2. The molecule has 18 heavy (non-hydrogen) atoms. The molecular weight excluding hydrogens is 236 g/mol. The van der Waals surface area contributed by atoms with Crippen LogP contribution in [-0.2, 0) is 4.79 Å². The lowest BCUT2D eigenvalue weighted by Crippen LogP contribution is -1.99. The Morgan fingerprint density at radius 2 is 2.22 bits per heavy atom. The molecular formula is C13H12O5. The molecule has 1 N–H and O–H groups in total. The van der Waals surface area contributed by atoms with E-state index in [0.717, 1.165) is 0 Å². The zero-order valence-electron chi connectivity index (χ0n) is 10.0. The van der Waals surface area contributed by atoms with Crippen LogP contribution in [0.25, 0.3) is 0 Å². The van der Waals surface area contributed by atoms with Crippen LogP contribution in [0.2, 0.25) is 0 Å². The lowest BCUT2D eigenvalue weighted by atomic mass is 10.1. The molecule has 0 saturated carbocycles. The van der Waals surface area contributed by atoms with Crippen molar-refractivity contribution >= 4 is 12.3 Å². The van der Waals surface area contributed by atoms with Crippen LogP contribution in [0.3, 0.4) is 0 Å². The Morgan fingerprint density at radius 3 is 2.72 bits per heavy atom. The van der Waals surface area contributed by atoms with E-state index >= 15 is 0 Å². The van der Waals surface area contributed by atoms with Gasteiger partial charge in [0, 0.05) is 11.5 Å². The Hall–Kier alpha value is -2.48. The number of carbonyl (C=O) groups excluding carboxylic acids is 1. The summed E-state index contributed by atoms with van der Waals surface area (Å²) in [6.45, 7) is 2.18. The lowest BCUT2D eigenvalue weighted by Gasteiger charge is -2.11. The van der Waals surface area contributed by atoms with Gasteiger partial charge in [-0.05, 0) is 19.1 Å². The lowest BCUT2D eigenvalue weighted by molar-refractivity contribution is -0.130.